The fraction of sp³-hybridized carbons (Fsp3) is 0.425. The Hall–Kier alpha value is -6.94. The number of hydrogen-bond acceptors (Lipinski definition) is 9. The summed E-state index contributed by atoms with van der Waals surface area (Å²) in [7, 11) is 0. The molecule has 9 aliphatic rings. The van der Waals surface area contributed by atoms with Crippen molar-refractivity contribution < 1.29 is 24.5 Å². The van der Waals surface area contributed by atoms with E-state index in [0.717, 1.165) is 121 Å². The number of hydrogen-bond donors (Lipinski definition) is 3. The van der Waals surface area contributed by atoms with Gasteiger partial charge in [0.15, 0.2) is 0 Å². The van der Waals surface area contributed by atoms with Crippen LogP contribution in [0.5, 0.6) is 0 Å². The van der Waals surface area contributed by atoms with Crippen molar-refractivity contribution in [1.29, 1.82) is 0 Å². The lowest BCUT2D eigenvalue weighted by molar-refractivity contribution is -0.150. The number of aliphatic hydroxyl groups excluding tert-OH is 2. The van der Waals surface area contributed by atoms with Gasteiger partial charge in [-0.3, -0.25) is 4.79 Å². The number of aliphatic hydroxyl groups is 2. The second-order valence-corrected chi connectivity index (χ2v) is 25.7. The molecule has 9 nitrogen and oxygen atoms in total. The largest absolute Gasteiger partial charge is 0.511 e. The number of carbonyl (C=O) groups excluding carboxylic acids is 1. The van der Waals surface area contributed by atoms with E-state index in [2.05, 4.69) is 206 Å². The molecule has 0 radical (unpaired) electrons. The number of nitrogens with one attached hydrogen (secondary N) is 1. The number of esters is 1. The lowest BCUT2D eigenvalue weighted by Gasteiger charge is -2.44. The Morgan fingerprint density at radius 3 is 2.16 bits per heavy atom. The van der Waals surface area contributed by atoms with E-state index in [1.54, 1.807) is 0 Å². The average Bonchev–Trinajstić information content (AvgIpc) is 4.14. The third kappa shape index (κ3) is 12.2. The Labute approximate surface area is 489 Å². The van der Waals surface area contributed by atoms with Crippen molar-refractivity contribution in [3.8, 4) is 0 Å². The minimum Gasteiger partial charge on any atom is -0.511 e. The Morgan fingerprint density at radius 1 is 0.817 bits per heavy atom. The molecule has 430 valence electrons. The molecule has 8 bridgehead atoms. The van der Waals surface area contributed by atoms with E-state index in [4.69, 9.17) is 24.5 Å². The zero-order valence-electron chi connectivity index (χ0n) is 51.5. The van der Waals surface area contributed by atoms with Crippen LogP contribution in [0.3, 0.4) is 0 Å². The Morgan fingerprint density at radius 2 is 1.48 bits per heavy atom. The van der Waals surface area contributed by atoms with Crippen LogP contribution in [0.25, 0.3) is 0 Å². The molecule has 0 aromatic carbocycles. The number of aliphatic imine (C=N–C) groups is 3. The lowest BCUT2D eigenvalue weighted by atomic mass is 9.65. The van der Waals surface area contributed by atoms with Gasteiger partial charge in [0.25, 0.3) is 0 Å². The number of nitrogens with zero attached hydrogens (tertiary/aromatic N) is 3. The molecule has 0 amide bonds. The van der Waals surface area contributed by atoms with E-state index in [9.17, 15) is 15.0 Å². The highest BCUT2D eigenvalue weighted by Gasteiger charge is 2.51. The minimum atomic E-state index is -0.412. The number of fused-ring (bicyclic) bond motifs is 6. The van der Waals surface area contributed by atoms with E-state index in [1.807, 2.05) is 13.0 Å². The van der Waals surface area contributed by atoms with Gasteiger partial charge in [-0.1, -0.05) is 149 Å². The van der Waals surface area contributed by atoms with Crippen molar-refractivity contribution in [1.82, 2.24) is 5.32 Å². The molecule has 3 N–H and O–H groups in total. The molecular formula is C73H88N4O5. The maximum absolute atomic E-state index is 14.0. The highest BCUT2D eigenvalue weighted by molar-refractivity contribution is 6.21. The number of allylic oxidation sites excluding steroid dienone is 28. The van der Waals surface area contributed by atoms with Gasteiger partial charge < -0.3 is 25.0 Å². The van der Waals surface area contributed by atoms with Crippen molar-refractivity contribution in [3.05, 3.63) is 222 Å². The van der Waals surface area contributed by atoms with Gasteiger partial charge in [-0.25, -0.2) is 15.0 Å². The molecule has 1 saturated carbocycles. The first-order valence-electron chi connectivity index (χ1n) is 29.8. The van der Waals surface area contributed by atoms with Crippen molar-refractivity contribution in [2.24, 2.45) is 37.6 Å². The van der Waals surface area contributed by atoms with Crippen LogP contribution in [0.2, 0.25) is 0 Å². The molecule has 0 aromatic heterocycles. The van der Waals surface area contributed by atoms with Gasteiger partial charge >= 0.3 is 5.97 Å². The van der Waals surface area contributed by atoms with Gasteiger partial charge in [-0.2, -0.15) is 0 Å². The Kier molecular flexibility index (Phi) is 17.3. The Balaban J connectivity index is 0.816. The predicted octanol–water partition coefficient (Wildman–Crippen LogP) is 16.9. The zero-order chi connectivity index (χ0) is 59.2. The molecule has 2 fully saturated rings. The van der Waals surface area contributed by atoms with Crippen molar-refractivity contribution >= 4 is 23.1 Å². The molecule has 6 heterocycles. The minimum absolute atomic E-state index is 0.0222. The number of carbonyl (C=O) groups is 1. The molecule has 0 spiro atoms. The van der Waals surface area contributed by atoms with Crippen LogP contribution < -0.4 is 5.32 Å². The molecular weight excluding hydrogens is 1010 g/mol. The van der Waals surface area contributed by atoms with Crippen molar-refractivity contribution in [2.45, 2.75) is 179 Å². The summed E-state index contributed by atoms with van der Waals surface area (Å²) >= 11 is 0. The second kappa shape index (κ2) is 23.7. The van der Waals surface area contributed by atoms with Gasteiger partial charge in [0.2, 0.25) is 0 Å². The van der Waals surface area contributed by atoms with Crippen LogP contribution in [0, 0.1) is 22.7 Å². The summed E-state index contributed by atoms with van der Waals surface area (Å²) in [4.78, 5) is 29.5. The smallest absolute Gasteiger partial charge is 0.306 e. The van der Waals surface area contributed by atoms with Crippen molar-refractivity contribution in [2.75, 3.05) is 0 Å². The second-order valence-electron chi connectivity index (χ2n) is 25.7. The summed E-state index contributed by atoms with van der Waals surface area (Å²) in [5.74, 6) is 0.101. The van der Waals surface area contributed by atoms with Crippen LogP contribution >= 0.6 is 0 Å². The molecule has 6 aliphatic heterocycles. The maximum Gasteiger partial charge on any atom is 0.306 e. The summed E-state index contributed by atoms with van der Waals surface area (Å²) in [6, 6.07) is 0. The van der Waals surface area contributed by atoms with E-state index < -0.39 is 5.60 Å². The highest BCUT2D eigenvalue weighted by Crippen LogP contribution is 2.53. The van der Waals surface area contributed by atoms with Crippen LogP contribution in [0.4, 0.5) is 0 Å². The molecule has 6 atom stereocenters. The summed E-state index contributed by atoms with van der Waals surface area (Å²) in [5.41, 5.74) is 21.9. The normalized spacial score (nSPS) is 28.5. The molecule has 9 heteroatoms. The molecule has 1 unspecified atom stereocenters. The summed E-state index contributed by atoms with van der Waals surface area (Å²) in [6.45, 7) is 36.4. The van der Waals surface area contributed by atoms with Gasteiger partial charge in [-0.05, 0) is 162 Å². The topological polar surface area (TPSA) is 125 Å². The van der Waals surface area contributed by atoms with Crippen LogP contribution in [0.1, 0.15) is 155 Å². The maximum atomic E-state index is 14.0. The van der Waals surface area contributed by atoms with E-state index in [-0.39, 0.29) is 53.4 Å². The van der Waals surface area contributed by atoms with Gasteiger partial charge in [-0.15, -0.1) is 0 Å². The quantitative estimate of drug-likeness (QED) is 0.0852. The van der Waals surface area contributed by atoms with Crippen LogP contribution in [-0.2, 0) is 14.3 Å². The fourth-order valence-corrected chi connectivity index (χ4v) is 14.0. The first-order chi connectivity index (χ1) is 38.8. The fourth-order valence-electron chi connectivity index (χ4n) is 14.0. The van der Waals surface area contributed by atoms with E-state index >= 15 is 0 Å². The van der Waals surface area contributed by atoms with Crippen LogP contribution in [-0.4, -0.2) is 57.2 Å². The van der Waals surface area contributed by atoms with Gasteiger partial charge in [0, 0.05) is 65.6 Å². The zero-order valence-corrected chi connectivity index (χ0v) is 51.5. The first-order valence-corrected chi connectivity index (χ1v) is 29.8. The Bertz CT molecular complexity index is 3460. The summed E-state index contributed by atoms with van der Waals surface area (Å²) in [5, 5.41) is 25.9. The standard InChI is InChI=1S/C73H88N4O5/c1-17-53-47(8)58-35-60-49(10)55(69(76-60)56-34-64(79)68-50(11)61(77-70(56)68)37-63-54(18-2)48(9)59(75-63)36-62(53)74-58)30-32-67(80)81-52-33-46(7)57(71(12,13)41-52)31-29-44(5)26-21-25-42(3)23-19-20-24-43(4)27-22-28-45(6)65-38-66-72(14,15)39-51(78)40-73(66,16)82-65/h17,19-29,31,35-38,49,51-52,55,65,76,78-79H,1,18,30,32-34,39-41H2,2-16H3/b20-19+,25-21+,27-22+,31-29+,42-23+,43-24+,44-26+,45-28+,60-35?,62-36?,63-37?,69-56?/t49-,51-,52+,55-,65?,73+/m0/s1. The van der Waals surface area contributed by atoms with Gasteiger partial charge in [0.1, 0.15) is 11.9 Å². The molecule has 9 rings (SSSR count). The molecule has 0 aromatic rings. The van der Waals surface area contributed by atoms with E-state index in [1.165, 1.54) is 22.3 Å². The molecule has 3 aliphatic carbocycles. The van der Waals surface area contributed by atoms with Crippen molar-refractivity contribution in [3.63, 3.8) is 0 Å². The first kappa shape index (κ1) is 59.7. The predicted molar refractivity (Wildman–Crippen MR) is 339 cm³/mol. The monoisotopic (exact) mass is 1100 g/mol. The van der Waals surface area contributed by atoms with E-state index in [0.29, 0.717) is 31.4 Å². The molecule has 1 saturated heterocycles. The molecule has 82 heavy (non-hydrogen) atoms. The van der Waals surface area contributed by atoms with Gasteiger partial charge in [0.05, 0.1) is 52.0 Å². The highest BCUT2D eigenvalue weighted by atomic mass is 16.5. The summed E-state index contributed by atoms with van der Waals surface area (Å²) in [6.07, 6.45) is 40.1. The third-order valence-electron chi connectivity index (χ3n) is 18.3. The average molecular weight is 1100 g/mol. The summed E-state index contributed by atoms with van der Waals surface area (Å²) < 4.78 is 12.9. The lowest BCUT2D eigenvalue weighted by Crippen LogP contribution is -2.45. The SMILES string of the molecule is C=CC1=C(C)C2=NC1=CC1=NC(=CC3=C(C)C4=C(O)CC(=C5NC(=C2)[C@@H](C)[C@@H]5CCC(=O)O[C@@H]2CC(C)=C(/C=C/C(C)=C/C=C/C(C)=C/C=C/C=C(C)/C=C/C=C(\C)C5C=C6C(C)(C)C[C@H](O)C[C@@]6(C)O5)C(C)(C)C2)C4=N3)C(CC)=C1C. The van der Waals surface area contributed by atoms with Crippen LogP contribution in [0.15, 0.2) is 237 Å². The third-order valence-corrected chi connectivity index (χ3v) is 18.3. The number of ether oxygens (including phenoxy) is 2. The number of rotatable bonds is 15.